The highest BCUT2D eigenvalue weighted by Crippen LogP contribution is 2.18. The van der Waals surface area contributed by atoms with E-state index >= 15 is 0 Å². The molecule has 0 unspecified atom stereocenters. The fraction of sp³-hybridized carbons (Fsp3) is 0. The maximum atomic E-state index is 10.8. The van der Waals surface area contributed by atoms with Crippen molar-refractivity contribution in [3.05, 3.63) is 25.4 Å². The first-order chi connectivity index (χ1) is 5.25. The number of H-pyrrole nitrogens is 2. The second-order valence-electron chi connectivity index (χ2n) is 2.17. The van der Waals surface area contributed by atoms with Crippen LogP contribution in [0.15, 0.2) is 10.3 Å². The van der Waals surface area contributed by atoms with Crippen LogP contribution >= 0.6 is 20.7 Å². The van der Waals surface area contributed by atoms with Gasteiger partial charge in [0.05, 0.1) is 9.39 Å². The van der Waals surface area contributed by atoms with Gasteiger partial charge in [0, 0.05) is 0 Å². The Morgan fingerprint density at radius 3 is 3.09 bits per heavy atom. The van der Waals surface area contributed by atoms with Crippen molar-refractivity contribution >= 4 is 38.7 Å². The Labute approximate surface area is 74.1 Å². The molecule has 1 aliphatic heterocycles. The lowest BCUT2D eigenvalue weighted by Crippen LogP contribution is -2.00. The summed E-state index contributed by atoms with van der Waals surface area (Å²) in [6.45, 7) is 0. The zero-order chi connectivity index (χ0) is 7.84. The summed E-state index contributed by atoms with van der Waals surface area (Å²) in [5.74, 6) is 0. The summed E-state index contributed by atoms with van der Waals surface area (Å²) in [5.41, 5.74) is 1.46. The number of rotatable bonds is 0. The van der Waals surface area contributed by atoms with Crippen LogP contribution in [-0.4, -0.2) is 21.8 Å². The number of halogens is 1. The molecule has 2 heterocycles. The SMILES string of the molecule is [B]C1=Cc2[nH]c(=O)[nH]c2I=C1. The Morgan fingerprint density at radius 2 is 2.27 bits per heavy atom. The van der Waals surface area contributed by atoms with Gasteiger partial charge in [0.15, 0.2) is 0 Å². The number of nitrogens with one attached hydrogen (secondary N) is 2. The van der Waals surface area contributed by atoms with Crippen molar-refractivity contribution in [2.75, 3.05) is 0 Å². The van der Waals surface area contributed by atoms with Gasteiger partial charge in [0.2, 0.25) is 0 Å². The third kappa shape index (κ3) is 1.24. The van der Waals surface area contributed by atoms with Crippen molar-refractivity contribution in [3.8, 4) is 0 Å². The molecule has 0 fully saturated rings. The van der Waals surface area contributed by atoms with E-state index in [1.54, 1.807) is 6.08 Å². The molecule has 0 atom stereocenters. The molecule has 0 aromatic carbocycles. The van der Waals surface area contributed by atoms with Crippen LogP contribution < -0.4 is 5.69 Å². The average molecular weight is 258 g/mol. The summed E-state index contributed by atoms with van der Waals surface area (Å²) in [6.07, 6.45) is 1.77. The molecule has 2 rings (SSSR count). The number of imidazole rings is 1. The van der Waals surface area contributed by atoms with Crippen LogP contribution in [0, 0.1) is 3.70 Å². The van der Waals surface area contributed by atoms with Gasteiger partial charge in [-0.25, -0.2) is 4.79 Å². The smallest absolute Gasteiger partial charge is 0.305 e. The highest BCUT2D eigenvalue weighted by atomic mass is 127. The molecule has 1 aromatic rings. The van der Waals surface area contributed by atoms with Gasteiger partial charge >= 0.3 is 5.69 Å². The van der Waals surface area contributed by atoms with Crippen LogP contribution in [0.4, 0.5) is 0 Å². The minimum absolute atomic E-state index is 0.144. The predicted octanol–water partition coefficient (Wildman–Crippen LogP) is 0.168. The van der Waals surface area contributed by atoms with Crippen LogP contribution in [0.2, 0.25) is 0 Å². The summed E-state index contributed by atoms with van der Waals surface area (Å²) in [5, 5.41) is 0. The van der Waals surface area contributed by atoms with Crippen molar-refractivity contribution in [2.45, 2.75) is 0 Å². The summed E-state index contributed by atoms with van der Waals surface area (Å²) < 4.78 is 2.99. The molecule has 0 saturated carbocycles. The van der Waals surface area contributed by atoms with Gasteiger partial charge in [-0.05, 0) is 10.1 Å². The van der Waals surface area contributed by atoms with E-state index < -0.39 is 0 Å². The van der Waals surface area contributed by atoms with Gasteiger partial charge in [0.25, 0.3) is 0 Å². The van der Waals surface area contributed by atoms with Gasteiger partial charge in [-0.1, -0.05) is 26.2 Å². The van der Waals surface area contributed by atoms with E-state index in [4.69, 9.17) is 7.85 Å². The fourth-order valence-corrected chi connectivity index (χ4v) is 2.75. The largest absolute Gasteiger partial charge is 0.324 e. The molecule has 0 saturated heterocycles. The van der Waals surface area contributed by atoms with Crippen LogP contribution in [0.3, 0.4) is 0 Å². The van der Waals surface area contributed by atoms with Crippen molar-refractivity contribution in [1.82, 2.24) is 9.97 Å². The van der Waals surface area contributed by atoms with Crippen LogP contribution in [0.1, 0.15) is 5.69 Å². The zero-order valence-corrected chi connectivity index (χ0v) is 7.68. The van der Waals surface area contributed by atoms with E-state index in [2.05, 4.69) is 9.97 Å². The number of fused-ring (bicyclic) bond motifs is 1. The van der Waals surface area contributed by atoms with Gasteiger partial charge in [0.1, 0.15) is 7.85 Å². The Kier molecular flexibility index (Phi) is 1.59. The topological polar surface area (TPSA) is 48.6 Å². The molecule has 0 spiro atoms. The van der Waals surface area contributed by atoms with E-state index in [1.165, 1.54) is 0 Å². The van der Waals surface area contributed by atoms with Gasteiger partial charge < -0.3 is 9.97 Å². The molecule has 3 nitrogen and oxygen atoms in total. The quantitative estimate of drug-likeness (QED) is 0.505. The molecule has 0 amide bonds. The summed E-state index contributed by atoms with van der Waals surface area (Å²) in [4.78, 5) is 16.2. The van der Waals surface area contributed by atoms with E-state index in [0.717, 1.165) is 14.9 Å². The predicted molar refractivity (Wildman–Crippen MR) is 53.9 cm³/mol. The first-order valence-electron chi connectivity index (χ1n) is 3.02. The molecule has 11 heavy (non-hydrogen) atoms. The monoisotopic (exact) mass is 258 g/mol. The second kappa shape index (κ2) is 2.47. The lowest BCUT2D eigenvalue weighted by atomic mass is 9.97. The highest BCUT2D eigenvalue weighted by Gasteiger charge is 2.04. The van der Waals surface area contributed by atoms with E-state index in [-0.39, 0.29) is 26.4 Å². The summed E-state index contributed by atoms with van der Waals surface area (Å²) in [6, 6.07) is 0. The van der Waals surface area contributed by atoms with Crippen molar-refractivity contribution in [3.63, 3.8) is 0 Å². The molecule has 0 bridgehead atoms. The van der Waals surface area contributed by atoms with Crippen molar-refractivity contribution < 1.29 is 0 Å². The number of hydrogen-bond acceptors (Lipinski definition) is 1. The van der Waals surface area contributed by atoms with Crippen molar-refractivity contribution in [1.29, 1.82) is 0 Å². The van der Waals surface area contributed by atoms with Crippen LogP contribution in [0.5, 0.6) is 0 Å². The Hall–Kier alpha value is -0.585. The van der Waals surface area contributed by atoms with E-state index in [0.29, 0.717) is 0 Å². The average Bonchev–Trinajstić information content (AvgIpc) is 2.27. The first kappa shape index (κ1) is 7.09. The van der Waals surface area contributed by atoms with Crippen molar-refractivity contribution in [2.24, 2.45) is 0 Å². The second-order valence-corrected chi connectivity index (χ2v) is 4.49. The minimum atomic E-state index is -0.229. The standard InChI is InChI=1S/C6H4BIN2O/c7-3-1-4-5(8-2-3)10-6(11)9-4/h1-2H,(H2,9,10,11). The van der Waals surface area contributed by atoms with Crippen LogP contribution in [0.25, 0.3) is 6.08 Å². The summed E-state index contributed by atoms with van der Waals surface area (Å²) in [7, 11) is 5.56. The summed E-state index contributed by atoms with van der Waals surface area (Å²) >= 11 is -0.229. The van der Waals surface area contributed by atoms with E-state index in [1.807, 2.05) is 4.01 Å². The maximum Gasteiger partial charge on any atom is 0.324 e. The Balaban J connectivity index is 2.69. The molecule has 5 heteroatoms. The fourth-order valence-electron chi connectivity index (χ4n) is 0.877. The third-order valence-corrected chi connectivity index (χ3v) is 3.81. The van der Waals surface area contributed by atoms with Gasteiger partial charge in [-0.2, -0.15) is 0 Å². The Morgan fingerprint density at radius 1 is 1.45 bits per heavy atom. The molecule has 1 aromatic heterocycles. The normalized spacial score (nSPS) is 15.1. The molecule has 2 N–H and O–H groups in total. The molecular formula is C6H4BIN2O. The molecule has 1 aliphatic rings. The van der Waals surface area contributed by atoms with Gasteiger partial charge in [-0.15, -0.1) is 0 Å². The highest BCUT2D eigenvalue weighted by molar-refractivity contribution is 14.2. The first-order valence-corrected chi connectivity index (χ1v) is 5.34. The Bertz CT molecular complexity index is 401. The molecule has 54 valence electrons. The zero-order valence-electron chi connectivity index (χ0n) is 5.52. The third-order valence-electron chi connectivity index (χ3n) is 1.31. The lowest BCUT2D eigenvalue weighted by Gasteiger charge is -1.98. The lowest BCUT2D eigenvalue weighted by molar-refractivity contribution is 1.18. The minimum Gasteiger partial charge on any atom is -0.305 e. The van der Waals surface area contributed by atoms with E-state index in [9.17, 15) is 4.79 Å². The molecule has 0 aliphatic carbocycles. The number of aromatic amines is 2. The van der Waals surface area contributed by atoms with Crippen LogP contribution in [-0.2, 0) is 0 Å². The van der Waals surface area contributed by atoms with Gasteiger partial charge in [-0.3, -0.25) is 0 Å². The number of hydrogen-bond donors (Lipinski definition) is 2. The number of allylic oxidation sites excluding steroid dienone is 1. The maximum absolute atomic E-state index is 10.8. The number of aromatic nitrogens is 2. The molecular weight excluding hydrogens is 254 g/mol. The molecule has 2 radical (unpaired) electrons.